The lowest BCUT2D eigenvalue weighted by molar-refractivity contribution is -0.126. The molecule has 0 spiro atoms. The molecule has 2 aromatic carbocycles. The van der Waals surface area contributed by atoms with Gasteiger partial charge in [-0.05, 0) is 86.9 Å². The smallest absolute Gasteiger partial charge is 0.243 e. The lowest BCUT2D eigenvalue weighted by Gasteiger charge is -2.31. The topological polar surface area (TPSA) is 78.8 Å². The number of hydrogen-bond acceptors (Lipinski definition) is 4. The van der Waals surface area contributed by atoms with Crippen molar-refractivity contribution in [2.75, 3.05) is 13.1 Å². The summed E-state index contributed by atoms with van der Waals surface area (Å²) >= 11 is 0. The van der Waals surface area contributed by atoms with E-state index in [2.05, 4.69) is 10.5 Å². The zero-order valence-corrected chi connectivity index (χ0v) is 20.9. The van der Waals surface area contributed by atoms with Gasteiger partial charge in [0.05, 0.1) is 4.90 Å². The van der Waals surface area contributed by atoms with Gasteiger partial charge >= 0.3 is 0 Å². The average molecular weight is 468 g/mol. The number of nitrogens with zero attached hydrogens (tertiary/aromatic N) is 2. The number of benzene rings is 2. The molecule has 0 atom stereocenters. The molecule has 1 N–H and O–H groups in total. The van der Waals surface area contributed by atoms with Crippen LogP contribution < -0.4 is 5.43 Å². The molecule has 7 heteroatoms. The first-order valence-electron chi connectivity index (χ1n) is 11.3. The van der Waals surface area contributed by atoms with Crippen molar-refractivity contribution in [2.24, 2.45) is 11.0 Å². The van der Waals surface area contributed by atoms with Gasteiger partial charge in [0.15, 0.2) is 0 Å². The Kier molecular flexibility index (Phi) is 7.87. The van der Waals surface area contributed by atoms with Gasteiger partial charge in [-0.1, -0.05) is 36.4 Å². The minimum absolute atomic E-state index is 0.175. The summed E-state index contributed by atoms with van der Waals surface area (Å²) in [4.78, 5) is 12.9. The van der Waals surface area contributed by atoms with Crippen LogP contribution in [0.25, 0.3) is 6.08 Å². The number of nitrogens with one attached hydrogen (secondary N) is 1. The molecule has 1 saturated heterocycles. The monoisotopic (exact) mass is 467 g/mol. The van der Waals surface area contributed by atoms with Gasteiger partial charge in [0.2, 0.25) is 15.9 Å². The van der Waals surface area contributed by atoms with Gasteiger partial charge in [0.1, 0.15) is 0 Å². The van der Waals surface area contributed by atoms with Crippen LogP contribution >= 0.6 is 0 Å². The first-order chi connectivity index (χ1) is 15.6. The Labute approximate surface area is 197 Å². The Morgan fingerprint density at radius 2 is 1.48 bits per heavy atom. The van der Waals surface area contributed by atoms with Crippen molar-refractivity contribution in [3.8, 4) is 0 Å². The molecule has 33 heavy (non-hydrogen) atoms. The summed E-state index contributed by atoms with van der Waals surface area (Å²) < 4.78 is 28.5. The highest BCUT2D eigenvalue weighted by Gasteiger charge is 2.34. The summed E-state index contributed by atoms with van der Waals surface area (Å²) in [5.74, 6) is -0.429. The number of rotatable bonds is 6. The van der Waals surface area contributed by atoms with Crippen LogP contribution in [0.2, 0.25) is 0 Å². The highest BCUT2D eigenvalue weighted by molar-refractivity contribution is 7.89. The number of piperidine rings is 1. The highest BCUT2D eigenvalue weighted by atomic mass is 32.2. The highest BCUT2D eigenvalue weighted by Crippen LogP contribution is 2.33. The first kappa shape index (κ1) is 24.9. The van der Waals surface area contributed by atoms with E-state index in [1.54, 1.807) is 6.08 Å². The minimum atomic E-state index is -3.62. The van der Waals surface area contributed by atoms with Crippen molar-refractivity contribution in [3.63, 3.8) is 0 Å². The van der Waals surface area contributed by atoms with Gasteiger partial charge in [-0.2, -0.15) is 9.41 Å². The molecule has 2 aromatic rings. The molecular formula is C26H33N3O3S. The van der Waals surface area contributed by atoms with Crippen LogP contribution in [-0.2, 0) is 14.8 Å². The molecule has 1 amide bonds. The van der Waals surface area contributed by atoms with Gasteiger partial charge in [-0.25, -0.2) is 13.8 Å². The second-order valence-electron chi connectivity index (χ2n) is 8.66. The van der Waals surface area contributed by atoms with Gasteiger partial charge in [0, 0.05) is 25.2 Å². The Morgan fingerprint density at radius 1 is 0.939 bits per heavy atom. The van der Waals surface area contributed by atoms with Crippen LogP contribution in [-0.4, -0.2) is 37.9 Å². The summed E-state index contributed by atoms with van der Waals surface area (Å²) in [6.45, 7) is 10.4. The third kappa shape index (κ3) is 5.42. The SMILES string of the molecule is Cc1c(C)c(C)c(S(=O)(=O)N2CCC(C(=O)NN=CC=Cc3ccccc3)CC2)c(C)c1C. The number of amides is 1. The molecular weight excluding hydrogens is 434 g/mol. The van der Waals surface area contributed by atoms with Gasteiger partial charge in [0.25, 0.3) is 0 Å². The standard InChI is InChI=1S/C26H33N3O3S/c1-18-19(2)21(4)25(22(5)20(18)3)33(31,32)29-16-13-24(14-17-29)26(30)28-27-15-9-12-23-10-7-6-8-11-23/h6-12,15,24H,13-14,16-17H2,1-5H3,(H,28,30). The summed E-state index contributed by atoms with van der Waals surface area (Å²) in [7, 11) is -3.62. The van der Waals surface area contributed by atoms with E-state index in [1.165, 1.54) is 10.5 Å². The van der Waals surface area contributed by atoms with Crippen molar-refractivity contribution in [3.05, 3.63) is 69.8 Å². The molecule has 0 bridgehead atoms. The quantitative estimate of drug-likeness (QED) is 0.504. The molecule has 0 aliphatic carbocycles. The summed E-state index contributed by atoms with van der Waals surface area (Å²) in [5, 5.41) is 3.98. The predicted molar refractivity (Wildman–Crippen MR) is 134 cm³/mol. The summed E-state index contributed by atoms with van der Waals surface area (Å²) in [6.07, 6.45) is 6.15. The molecule has 176 valence electrons. The Morgan fingerprint density at radius 3 is 2.06 bits per heavy atom. The van der Waals surface area contributed by atoms with Crippen LogP contribution in [0.5, 0.6) is 0 Å². The zero-order valence-electron chi connectivity index (χ0n) is 20.1. The molecule has 1 aliphatic rings. The molecule has 1 fully saturated rings. The predicted octanol–water partition coefficient (Wildman–Crippen LogP) is 4.44. The fourth-order valence-corrected chi connectivity index (χ4v) is 6.32. The molecule has 3 rings (SSSR count). The number of carbonyl (C=O) groups is 1. The fraction of sp³-hybridized carbons (Fsp3) is 0.385. The lowest BCUT2D eigenvalue weighted by Crippen LogP contribution is -2.42. The maximum Gasteiger partial charge on any atom is 0.243 e. The Balaban J connectivity index is 1.61. The van der Waals surface area contributed by atoms with Gasteiger partial charge in [-0.15, -0.1) is 0 Å². The van der Waals surface area contributed by atoms with Crippen LogP contribution in [0.1, 0.15) is 46.2 Å². The zero-order chi connectivity index (χ0) is 24.2. The third-order valence-electron chi connectivity index (χ3n) is 6.78. The third-order valence-corrected chi connectivity index (χ3v) is 8.95. The van der Waals surface area contributed by atoms with Crippen LogP contribution in [0, 0.1) is 40.5 Å². The molecule has 1 heterocycles. The molecule has 0 unspecified atom stereocenters. The molecule has 0 radical (unpaired) electrons. The van der Waals surface area contributed by atoms with Crippen LogP contribution in [0.15, 0.2) is 46.4 Å². The maximum atomic E-state index is 13.5. The number of allylic oxidation sites excluding steroid dienone is 1. The Hall–Kier alpha value is -2.77. The van der Waals surface area contributed by atoms with E-state index in [1.807, 2.05) is 71.0 Å². The van der Waals surface area contributed by atoms with Crippen molar-refractivity contribution < 1.29 is 13.2 Å². The van der Waals surface area contributed by atoms with Crippen molar-refractivity contribution in [1.82, 2.24) is 9.73 Å². The van der Waals surface area contributed by atoms with E-state index < -0.39 is 10.0 Å². The fourth-order valence-electron chi connectivity index (χ4n) is 4.29. The van der Waals surface area contributed by atoms with Crippen molar-refractivity contribution in [2.45, 2.75) is 52.4 Å². The van der Waals surface area contributed by atoms with E-state index >= 15 is 0 Å². The molecule has 1 aliphatic heterocycles. The van der Waals surface area contributed by atoms with Gasteiger partial charge in [-0.3, -0.25) is 4.79 Å². The number of hydrazone groups is 1. The number of carbonyl (C=O) groups excluding carboxylic acids is 1. The second-order valence-corrected chi connectivity index (χ2v) is 10.5. The average Bonchev–Trinajstić information content (AvgIpc) is 2.82. The maximum absolute atomic E-state index is 13.5. The normalized spacial score (nSPS) is 16.0. The van der Waals surface area contributed by atoms with Gasteiger partial charge < -0.3 is 0 Å². The van der Waals surface area contributed by atoms with E-state index in [4.69, 9.17) is 0 Å². The first-order valence-corrected chi connectivity index (χ1v) is 12.7. The molecule has 0 aromatic heterocycles. The van der Waals surface area contributed by atoms with Crippen LogP contribution in [0.4, 0.5) is 0 Å². The summed E-state index contributed by atoms with van der Waals surface area (Å²) in [6, 6.07) is 9.82. The van der Waals surface area contributed by atoms with Crippen molar-refractivity contribution >= 4 is 28.2 Å². The van der Waals surface area contributed by atoms with Crippen LogP contribution in [0.3, 0.4) is 0 Å². The largest absolute Gasteiger partial charge is 0.273 e. The summed E-state index contributed by atoms with van der Waals surface area (Å²) in [5.41, 5.74) is 8.43. The van der Waals surface area contributed by atoms with E-state index in [-0.39, 0.29) is 11.8 Å². The number of sulfonamides is 1. The van der Waals surface area contributed by atoms with E-state index in [9.17, 15) is 13.2 Å². The molecule has 0 saturated carbocycles. The minimum Gasteiger partial charge on any atom is -0.273 e. The van der Waals surface area contributed by atoms with E-state index in [0.29, 0.717) is 30.8 Å². The Bertz CT molecular complexity index is 1150. The lowest BCUT2D eigenvalue weighted by atomic mass is 9.95. The molecule has 6 nitrogen and oxygen atoms in total. The van der Waals surface area contributed by atoms with Crippen molar-refractivity contribution in [1.29, 1.82) is 0 Å². The second kappa shape index (κ2) is 10.4. The van der Waals surface area contributed by atoms with E-state index in [0.717, 1.165) is 33.4 Å². The number of hydrogen-bond donors (Lipinski definition) is 1.